The maximum atomic E-state index is 3.49. The fourth-order valence-corrected chi connectivity index (χ4v) is 3.69. The summed E-state index contributed by atoms with van der Waals surface area (Å²) < 4.78 is 0. The second-order valence-corrected chi connectivity index (χ2v) is 5.80. The first-order chi connectivity index (χ1) is 7.38. The molecule has 0 amide bonds. The smallest absolute Gasteiger partial charge is 0.00161 e. The van der Waals surface area contributed by atoms with E-state index in [0.29, 0.717) is 0 Å². The Labute approximate surface area is 93.4 Å². The highest BCUT2D eigenvalue weighted by Crippen LogP contribution is 2.49. The zero-order valence-corrected chi connectivity index (χ0v) is 9.91. The summed E-state index contributed by atoms with van der Waals surface area (Å²) in [6.07, 6.45) is 4.31. The molecule has 0 aromatic carbocycles. The molecule has 15 heavy (non-hydrogen) atoms. The van der Waals surface area contributed by atoms with Gasteiger partial charge in [0.05, 0.1) is 0 Å². The summed E-state index contributed by atoms with van der Waals surface area (Å²) in [5.74, 6) is 4.19. The zero-order chi connectivity index (χ0) is 10.3. The summed E-state index contributed by atoms with van der Waals surface area (Å²) in [5.41, 5.74) is 0. The third kappa shape index (κ3) is 1.94. The van der Waals surface area contributed by atoms with Gasteiger partial charge < -0.3 is 10.2 Å². The van der Waals surface area contributed by atoms with Crippen LogP contribution in [0.1, 0.15) is 26.2 Å². The summed E-state index contributed by atoms with van der Waals surface area (Å²) in [6, 6.07) is 0. The Morgan fingerprint density at radius 2 is 1.80 bits per heavy atom. The van der Waals surface area contributed by atoms with E-state index in [4.69, 9.17) is 0 Å². The molecule has 3 fully saturated rings. The van der Waals surface area contributed by atoms with Gasteiger partial charge >= 0.3 is 0 Å². The monoisotopic (exact) mass is 208 g/mol. The van der Waals surface area contributed by atoms with Gasteiger partial charge in [0.1, 0.15) is 0 Å². The number of nitrogens with zero attached hydrogens (tertiary/aromatic N) is 1. The largest absolute Gasteiger partial charge is 0.316 e. The SMILES string of the molecule is CCC1CCN(CC2[C@H]3CNC[C@@H]23)CC1. The minimum absolute atomic E-state index is 1.03. The molecule has 3 aliphatic rings. The molecule has 1 N–H and O–H groups in total. The number of likely N-dealkylation sites (tertiary alicyclic amines) is 1. The van der Waals surface area contributed by atoms with Crippen molar-refractivity contribution in [2.24, 2.45) is 23.7 Å². The molecule has 0 spiro atoms. The van der Waals surface area contributed by atoms with Crippen LogP contribution in [0.3, 0.4) is 0 Å². The minimum atomic E-state index is 1.03. The average Bonchev–Trinajstić information content (AvgIpc) is 2.75. The molecule has 3 rings (SSSR count). The third-order valence-corrected chi connectivity index (χ3v) is 5.02. The number of nitrogens with one attached hydrogen (secondary N) is 1. The lowest BCUT2D eigenvalue weighted by Crippen LogP contribution is -2.36. The zero-order valence-electron chi connectivity index (χ0n) is 9.91. The van der Waals surface area contributed by atoms with E-state index in [2.05, 4.69) is 17.1 Å². The topological polar surface area (TPSA) is 15.3 Å². The Kier molecular flexibility index (Phi) is 2.73. The number of rotatable bonds is 3. The summed E-state index contributed by atoms with van der Waals surface area (Å²) in [7, 11) is 0. The molecular formula is C13H24N2. The van der Waals surface area contributed by atoms with Gasteiger partial charge in [0.25, 0.3) is 0 Å². The van der Waals surface area contributed by atoms with Crippen LogP contribution < -0.4 is 5.32 Å². The van der Waals surface area contributed by atoms with E-state index < -0.39 is 0 Å². The first-order valence-corrected chi connectivity index (χ1v) is 6.81. The molecule has 86 valence electrons. The van der Waals surface area contributed by atoms with Gasteiger partial charge in [0.2, 0.25) is 0 Å². The van der Waals surface area contributed by atoms with E-state index in [0.717, 1.165) is 23.7 Å². The van der Waals surface area contributed by atoms with E-state index in [1.54, 1.807) is 0 Å². The van der Waals surface area contributed by atoms with Gasteiger partial charge in [-0.3, -0.25) is 0 Å². The maximum Gasteiger partial charge on any atom is 0.00161 e. The lowest BCUT2D eigenvalue weighted by Gasteiger charge is -2.31. The van der Waals surface area contributed by atoms with Gasteiger partial charge in [0.15, 0.2) is 0 Å². The molecule has 1 aliphatic carbocycles. The molecule has 3 atom stereocenters. The molecule has 0 bridgehead atoms. The number of hydrogen-bond donors (Lipinski definition) is 1. The first-order valence-electron chi connectivity index (χ1n) is 6.81. The van der Waals surface area contributed by atoms with Crippen LogP contribution in [0.25, 0.3) is 0 Å². The second kappa shape index (κ2) is 4.06. The van der Waals surface area contributed by atoms with Crippen LogP contribution in [0.2, 0.25) is 0 Å². The summed E-state index contributed by atoms with van der Waals surface area (Å²) in [6.45, 7) is 9.12. The lowest BCUT2D eigenvalue weighted by molar-refractivity contribution is 0.170. The average molecular weight is 208 g/mol. The molecule has 1 unspecified atom stereocenters. The van der Waals surface area contributed by atoms with Gasteiger partial charge in [-0.25, -0.2) is 0 Å². The number of fused-ring (bicyclic) bond motifs is 1. The molecule has 0 radical (unpaired) electrons. The van der Waals surface area contributed by atoms with Crippen molar-refractivity contribution in [1.29, 1.82) is 0 Å². The van der Waals surface area contributed by atoms with E-state index in [9.17, 15) is 0 Å². The highest BCUT2D eigenvalue weighted by molar-refractivity contribution is 5.04. The molecule has 0 aromatic rings. The maximum absolute atomic E-state index is 3.49. The molecule has 2 heteroatoms. The predicted molar refractivity (Wildman–Crippen MR) is 62.8 cm³/mol. The van der Waals surface area contributed by atoms with Crippen LogP contribution >= 0.6 is 0 Å². The van der Waals surface area contributed by atoms with Crippen LogP contribution in [0.15, 0.2) is 0 Å². The van der Waals surface area contributed by atoms with Crippen molar-refractivity contribution in [1.82, 2.24) is 10.2 Å². The highest BCUT2D eigenvalue weighted by atomic mass is 15.1. The van der Waals surface area contributed by atoms with Gasteiger partial charge in [0, 0.05) is 6.54 Å². The quantitative estimate of drug-likeness (QED) is 0.757. The molecule has 2 aliphatic heterocycles. The van der Waals surface area contributed by atoms with Gasteiger partial charge in [-0.15, -0.1) is 0 Å². The Morgan fingerprint density at radius 1 is 1.13 bits per heavy atom. The fraction of sp³-hybridized carbons (Fsp3) is 1.00. The molecule has 2 heterocycles. The molecule has 2 saturated heterocycles. The molecule has 2 nitrogen and oxygen atoms in total. The molecule has 0 aromatic heterocycles. The van der Waals surface area contributed by atoms with E-state index in [1.807, 2.05) is 0 Å². The van der Waals surface area contributed by atoms with Gasteiger partial charge in [-0.1, -0.05) is 13.3 Å². The van der Waals surface area contributed by atoms with Crippen molar-refractivity contribution in [3.63, 3.8) is 0 Å². The van der Waals surface area contributed by atoms with Crippen LogP contribution in [-0.2, 0) is 0 Å². The normalized spacial score (nSPS) is 41.8. The van der Waals surface area contributed by atoms with Crippen molar-refractivity contribution in [3.05, 3.63) is 0 Å². The summed E-state index contributed by atoms with van der Waals surface area (Å²) in [4.78, 5) is 2.73. The first kappa shape index (κ1) is 10.1. The van der Waals surface area contributed by atoms with Crippen LogP contribution in [-0.4, -0.2) is 37.6 Å². The van der Waals surface area contributed by atoms with E-state index in [1.165, 1.54) is 52.0 Å². The van der Waals surface area contributed by atoms with Crippen molar-refractivity contribution in [3.8, 4) is 0 Å². The van der Waals surface area contributed by atoms with Gasteiger partial charge in [-0.2, -0.15) is 0 Å². The van der Waals surface area contributed by atoms with Crippen LogP contribution in [0, 0.1) is 23.7 Å². The second-order valence-electron chi connectivity index (χ2n) is 5.80. The van der Waals surface area contributed by atoms with Crippen molar-refractivity contribution in [2.75, 3.05) is 32.7 Å². The Hall–Kier alpha value is -0.0800. The minimum Gasteiger partial charge on any atom is -0.316 e. The molecule has 1 saturated carbocycles. The van der Waals surface area contributed by atoms with Crippen molar-refractivity contribution in [2.45, 2.75) is 26.2 Å². The third-order valence-electron chi connectivity index (χ3n) is 5.02. The summed E-state index contributed by atoms with van der Waals surface area (Å²) in [5, 5.41) is 3.49. The lowest BCUT2D eigenvalue weighted by atomic mass is 9.94. The highest BCUT2D eigenvalue weighted by Gasteiger charge is 2.52. The van der Waals surface area contributed by atoms with Gasteiger partial charge in [-0.05, 0) is 62.7 Å². The standard InChI is InChI=1S/C13H24N2/c1-2-10-3-5-15(6-4-10)9-13-11-7-14-8-12(11)13/h10-14H,2-9H2,1H3/t11-,12+,13?. The van der Waals surface area contributed by atoms with E-state index >= 15 is 0 Å². The number of piperidine rings is 2. The van der Waals surface area contributed by atoms with E-state index in [-0.39, 0.29) is 0 Å². The van der Waals surface area contributed by atoms with Crippen LogP contribution in [0.5, 0.6) is 0 Å². The molecular weight excluding hydrogens is 184 g/mol. The predicted octanol–water partition coefficient (Wildman–Crippen LogP) is 1.57. The van der Waals surface area contributed by atoms with Crippen molar-refractivity contribution >= 4 is 0 Å². The summed E-state index contributed by atoms with van der Waals surface area (Å²) >= 11 is 0. The van der Waals surface area contributed by atoms with Crippen LogP contribution in [0.4, 0.5) is 0 Å². The fourth-order valence-electron chi connectivity index (χ4n) is 3.69. The van der Waals surface area contributed by atoms with Crippen molar-refractivity contribution < 1.29 is 0 Å². The number of hydrogen-bond acceptors (Lipinski definition) is 2. The Balaban J connectivity index is 1.42. The Morgan fingerprint density at radius 3 is 2.40 bits per heavy atom. The Bertz CT molecular complexity index is 211.